The summed E-state index contributed by atoms with van der Waals surface area (Å²) >= 11 is 1.27. The molecule has 3 rings (SSSR count). The second-order valence-corrected chi connectivity index (χ2v) is 7.87. The first kappa shape index (κ1) is 18.4. The van der Waals surface area contributed by atoms with Crippen molar-refractivity contribution in [3.05, 3.63) is 34.6 Å². The molecule has 8 heteroatoms. The number of esters is 1. The zero-order valence-corrected chi connectivity index (χ0v) is 16.1. The molecular weight excluding hydrogens is 352 g/mol. The summed E-state index contributed by atoms with van der Waals surface area (Å²) in [4.78, 5) is 24.7. The number of rotatable bonds is 6. The topological polar surface area (TPSA) is 78.5 Å². The minimum Gasteiger partial charge on any atom is -0.468 e. The molecule has 0 saturated heterocycles. The number of aromatic nitrogens is 4. The summed E-state index contributed by atoms with van der Waals surface area (Å²) in [5, 5.41) is 9.23. The van der Waals surface area contributed by atoms with Crippen LogP contribution in [-0.4, -0.2) is 37.5 Å². The maximum Gasteiger partial charge on any atom is 0.318 e. The van der Waals surface area contributed by atoms with Crippen molar-refractivity contribution in [3.8, 4) is 0 Å². The third-order valence-corrected chi connectivity index (χ3v) is 5.24. The number of para-hydroxylation sites is 1. The zero-order valence-electron chi connectivity index (χ0n) is 15.3. The van der Waals surface area contributed by atoms with E-state index in [0.29, 0.717) is 28.8 Å². The molecule has 26 heavy (non-hydrogen) atoms. The molecule has 0 amide bonds. The van der Waals surface area contributed by atoms with Crippen LogP contribution in [0, 0.1) is 5.92 Å². The van der Waals surface area contributed by atoms with Gasteiger partial charge in [0.1, 0.15) is 5.25 Å². The Morgan fingerprint density at radius 3 is 2.65 bits per heavy atom. The van der Waals surface area contributed by atoms with Crippen LogP contribution in [0.5, 0.6) is 0 Å². The number of benzene rings is 1. The molecule has 1 unspecified atom stereocenters. The van der Waals surface area contributed by atoms with Crippen LogP contribution >= 0.6 is 11.8 Å². The highest BCUT2D eigenvalue weighted by Gasteiger charge is 2.21. The summed E-state index contributed by atoms with van der Waals surface area (Å²) in [6.45, 7) is 6.56. The van der Waals surface area contributed by atoms with E-state index in [4.69, 9.17) is 4.74 Å². The van der Waals surface area contributed by atoms with Gasteiger partial charge in [-0.25, -0.2) is 0 Å². The van der Waals surface area contributed by atoms with Gasteiger partial charge in [-0.05, 0) is 31.4 Å². The van der Waals surface area contributed by atoms with E-state index in [-0.39, 0.29) is 11.5 Å². The fraction of sp³-hybridized carbons (Fsp3) is 0.444. The highest BCUT2D eigenvalue weighted by Crippen LogP contribution is 2.25. The van der Waals surface area contributed by atoms with E-state index in [0.717, 1.165) is 11.9 Å². The van der Waals surface area contributed by atoms with Gasteiger partial charge in [0.15, 0.2) is 5.16 Å². The van der Waals surface area contributed by atoms with Crippen LogP contribution < -0.4 is 5.56 Å². The molecule has 0 radical (unpaired) electrons. The highest BCUT2D eigenvalue weighted by atomic mass is 32.2. The predicted molar refractivity (Wildman–Crippen MR) is 102 cm³/mol. The van der Waals surface area contributed by atoms with Crippen molar-refractivity contribution in [3.63, 3.8) is 0 Å². The van der Waals surface area contributed by atoms with E-state index in [1.165, 1.54) is 18.9 Å². The Bertz CT molecular complexity index is 1010. The van der Waals surface area contributed by atoms with Crippen molar-refractivity contribution in [1.29, 1.82) is 0 Å². The molecule has 0 spiro atoms. The fourth-order valence-corrected chi connectivity index (χ4v) is 3.65. The molecule has 0 aliphatic carbocycles. The highest BCUT2D eigenvalue weighted by molar-refractivity contribution is 8.00. The average Bonchev–Trinajstić information content (AvgIpc) is 3.04. The number of fused-ring (bicyclic) bond motifs is 3. The quantitative estimate of drug-likeness (QED) is 0.488. The molecule has 0 fully saturated rings. The normalized spacial score (nSPS) is 12.8. The molecule has 138 valence electrons. The molecule has 0 bridgehead atoms. The van der Waals surface area contributed by atoms with E-state index < -0.39 is 5.25 Å². The Morgan fingerprint density at radius 2 is 1.96 bits per heavy atom. The summed E-state index contributed by atoms with van der Waals surface area (Å²) in [6.07, 6.45) is 0.863. The summed E-state index contributed by atoms with van der Waals surface area (Å²) in [5.41, 5.74) is 0.663. The van der Waals surface area contributed by atoms with E-state index in [1.807, 2.05) is 22.6 Å². The second kappa shape index (κ2) is 7.49. The molecule has 2 heterocycles. The minimum absolute atomic E-state index is 0.0706. The third kappa shape index (κ3) is 3.33. The molecule has 2 aromatic heterocycles. The monoisotopic (exact) mass is 374 g/mol. The Morgan fingerprint density at radius 1 is 1.23 bits per heavy atom. The number of carbonyl (C=O) groups excluding carboxylic acids is 1. The number of nitrogens with zero attached hydrogens (tertiary/aromatic N) is 4. The van der Waals surface area contributed by atoms with Crippen molar-refractivity contribution < 1.29 is 9.53 Å². The van der Waals surface area contributed by atoms with Gasteiger partial charge >= 0.3 is 5.97 Å². The van der Waals surface area contributed by atoms with Gasteiger partial charge in [0.25, 0.3) is 5.56 Å². The maximum atomic E-state index is 12.9. The van der Waals surface area contributed by atoms with Crippen molar-refractivity contribution in [2.75, 3.05) is 7.11 Å². The first-order valence-electron chi connectivity index (χ1n) is 8.55. The lowest BCUT2D eigenvalue weighted by molar-refractivity contribution is -0.139. The Labute approximate surface area is 155 Å². The number of methoxy groups -OCH3 is 1. The molecule has 7 nitrogen and oxygen atoms in total. The smallest absolute Gasteiger partial charge is 0.318 e. The largest absolute Gasteiger partial charge is 0.468 e. The Hall–Kier alpha value is -2.35. The average molecular weight is 374 g/mol. The van der Waals surface area contributed by atoms with Gasteiger partial charge in [-0.2, -0.15) is 0 Å². The summed E-state index contributed by atoms with van der Waals surface area (Å²) < 4.78 is 8.31. The number of thioether (sulfide) groups is 1. The number of carbonyl (C=O) groups is 1. The van der Waals surface area contributed by atoms with Crippen LogP contribution in [0.2, 0.25) is 0 Å². The van der Waals surface area contributed by atoms with Gasteiger partial charge < -0.3 is 4.74 Å². The second-order valence-electron chi connectivity index (χ2n) is 6.56. The van der Waals surface area contributed by atoms with Gasteiger partial charge in [0, 0.05) is 6.54 Å². The predicted octanol–water partition coefficient (Wildman–Crippen LogP) is 2.74. The van der Waals surface area contributed by atoms with Gasteiger partial charge in [-0.3, -0.25) is 18.6 Å². The molecule has 3 aromatic rings. The Balaban J connectivity index is 2.21. The van der Waals surface area contributed by atoms with Crippen LogP contribution in [0.15, 0.2) is 34.2 Å². The van der Waals surface area contributed by atoms with Gasteiger partial charge in [0.2, 0.25) is 5.78 Å². The van der Waals surface area contributed by atoms with Crippen LogP contribution in [0.25, 0.3) is 16.7 Å². The number of aryl methyl sites for hydroxylation is 1. The lowest BCUT2D eigenvalue weighted by Gasteiger charge is -2.13. The number of ether oxygens (including phenoxy) is 1. The fourth-order valence-electron chi connectivity index (χ4n) is 2.77. The minimum atomic E-state index is -0.429. The molecular formula is C18H22N4O3S. The molecule has 1 aromatic carbocycles. The van der Waals surface area contributed by atoms with Gasteiger partial charge in [-0.15, -0.1) is 10.2 Å². The molecule has 1 atom stereocenters. The van der Waals surface area contributed by atoms with Crippen molar-refractivity contribution in [2.45, 2.75) is 44.1 Å². The maximum absolute atomic E-state index is 12.9. The Kier molecular flexibility index (Phi) is 5.31. The van der Waals surface area contributed by atoms with Crippen LogP contribution in [0.3, 0.4) is 0 Å². The summed E-state index contributed by atoms with van der Waals surface area (Å²) in [5.74, 6) is 0.627. The SMILES string of the molecule is COC(=O)C(C)Sc1nnc2n(CCC(C)C)c(=O)c3ccccc3n12. The number of hydrogen-bond donors (Lipinski definition) is 0. The van der Waals surface area contributed by atoms with Crippen molar-refractivity contribution in [1.82, 2.24) is 19.2 Å². The molecule has 0 saturated carbocycles. The van der Waals surface area contributed by atoms with Crippen LogP contribution in [0.1, 0.15) is 27.2 Å². The summed E-state index contributed by atoms with van der Waals surface area (Å²) in [6, 6.07) is 7.39. The van der Waals surface area contributed by atoms with E-state index >= 15 is 0 Å². The van der Waals surface area contributed by atoms with Gasteiger partial charge in [0.05, 0.1) is 18.0 Å². The molecule has 0 aliphatic heterocycles. The van der Waals surface area contributed by atoms with E-state index in [1.54, 1.807) is 17.6 Å². The standard InChI is InChI=1S/C18H22N4O3S/c1-11(2)9-10-21-15(23)13-7-5-6-8-14(13)22-17(21)19-20-18(22)26-12(3)16(24)25-4/h5-8,11-12H,9-10H2,1-4H3. The van der Waals surface area contributed by atoms with Crippen molar-refractivity contribution >= 4 is 34.4 Å². The van der Waals surface area contributed by atoms with Gasteiger partial charge in [-0.1, -0.05) is 37.7 Å². The molecule has 0 N–H and O–H groups in total. The van der Waals surface area contributed by atoms with E-state index in [9.17, 15) is 9.59 Å². The van der Waals surface area contributed by atoms with Crippen LogP contribution in [0.4, 0.5) is 0 Å². The number of hydrogen-bond acceptors (Lipinski definition) is 6. The third-order valence-electron chi connectivity index (χ3n) is 4.22. The van der Waals surface area contributed by atoms with Crippen LogP contribution in [-0.2, 0) is 16.1 Å². The van der Waals surface area contributed by atoms with E-state index in [2.05, 4.69) is 24.0 Å². The first-order chi connectivity index (χ1) is 12.4. The summed E-state index contributed by atoms with van der Waals surface area (Å²) in [7, 11) is 1.36. The first-order valence-corrected chi connectivity index (χ1v) is 9.43. The van der Waals surface area contributed by atoms with Crippen molar-refractivity contribution in [2.24, 2.45) is 5.92 Å². The molecule has 0 aliphatic rings. The lowest BCUT2D eigenvalue weighted by atomic mass is 10.1. The lowest BCUT2D eigenvalue weighted by Crippen LogP contribution is -2.24. The zero-order chi connectivity index (χ0) is 18.8.